The zero-order valence-corrected chi connectivity index (χ0v) is 29.0. The Morgan fingerprint density at radius 2 is 0.805 bits per heavy atom. The first-order valence-corrected chi connectivity index (χ1v) is 16.1. The van der Waals surface area contributed by atoms with E-state index in [9.17, 15) is 10.2 Å². The third-order valence-corrected chi connectivity index (χ3v) is 8.33. The van der Waals surface area contributed by atoms with E-state index in [2.05, 4.69) is 119 Å². The molecule has 0 saturated heterocycles. The summed E-state index contributed by atoms with van der Waals surface area (Å²) in [6, 6.07) is 8.96. The predicted molar refractivity (Wildman–Crippen MR) is 179 cm³/mol. The summed E-state index contributed by atoms with van der Waals surface area (Å²) in [6.45, 7) is 31.6. The normalized spacial score (nSPS) is 13.3. The van der Waals surface area contributed by atoms with Gasteiger partial charge in [-0.05, 0) is 80.8 Å². The van der Waals surface area contributed by atoms with Gasteiger partial charge in [0.1, 0.15) is 11.5 Å². The number of nitrogens with zero attached hydrogens (tertiary/aromatic N) is 1. The summed E-state index contributed by atoms with van der Waals surface area (Å²) in [5.41, 5.74) is 6.33. The molecule has 2 aromatic carbocycles. The van der Waals surface area contributed by atoms with E-state index < -0.39 is 0 Å². The van der Waals surface area contributed by atoms with Crippen LogP contribution in [0, 0.1) is 0 Å². The number of benzene rings is 2. The third kappa shape index (κ3) is 10.1. The molecule has 3 nitrogen and oxygen atoms in total. The largest absolute Gasteiger partial charge is 0.507 e. The van der Waals surface area contributed by atoms with Crippen LogP contribution >= 0.6 is 0 Å². The van der Waals surface area contributed by atoms with Gasteiger partial charge in [-0.15, -0.1) is 0 Å². The molecule has 0 fully saturated rings. The summed E-state index contributed by atoms with van der Waals surface area (Å²) >= 11 is 0. The van der Waals surface area contributed by atoms with Crippen LogP contribution < -0.4 is 0 Å². The summed E-state index contributed by atoms with van der Waals surface area (Å²) in [6.07, 6.45) is 6.97. The molecule has 0 aromatic heterocycles. The minimum Gasteiger partial charge on any atom is -0.507 e. The van der Waals surface area contributed by atoms with Gasteiger partial charge >= 0.3 is 0 Å². The van der Waals surface area contributed by atoms with E-state index in [1.165, 1.54) is 36.8 Å². The molecule has 0 atom stereocenters. The Morgan fingerprint density at radius 1 is 0.488 bits per heavy atom. The van der Waals surface area contributed by atoms with E-state index in [0.29, 0.717) is 11.5 Å². The summed E-state index contributed by atoms with van der Waals surface area (Å²) in [4.78, 5) is 2.64. The third-order valence-electron chi connectivity index (χ3n) is 8.33. The van der Waals surface area contributed by atoms with Crippen LogP contribution in [0.25, 0.3) is 0 Å². The van der Waals surface area contributed by atoms with Gasteiger partial charge in [-0.1, -0.05) is 134 Å². The topological polar surface area (TPSA) is 43.7 Å². The lowest BCUT2D eigenvalue weighted by Gasteiger charge is -2.29. The van der Waals surface area contributed by atoms with Gasteiger partial charge in [0.2, 0.25) is 0 Å². The number of unbranched alkanes of at least 4 members (excludes halogenated alkanes) is 3. The van der Waals surface area contributed by atoms with Gasteiger partial charge < -0.3 is 15.1 Å². The standard InChI is InChI=1S/C38H63NO2/c1-14-15-16-17-20-39(21-18-27-23-29(35(2,3)4)33(40)30(24-27)36(5,6)7)22-19-28-25-31(37(8,9)10)34(41)32(26-28)38(11,12)13/h23-26,40-41H,14-22H2,1-13H3. The smallest absolute Gasteiger partial charge is 0.123 e. The molecule has 2 N–H and O–H groups in total. The molecule has 0 radical (unpaired) electrons. The molecule has 0 bridgehead atoms. The summed E-state index contributed by atoms with van der Waals surface area (Å²) in [7, 11) is 0. The SMILES string of the molecule is CCCCCCN(CCc1cc(C(C)(C)C)c(O)c(C(C)(C)C)c1)CCc1cc(C(C)(C)C)c(O)c(C(C)(C)C)c1. The van der Waals surface area contributed by atoms with Crippen LogP contribution in [-0.4, -0.2) is 34.7 Å². The molecule has 0 spiro atoms. The van der Waals surface area contributed by atoms with Crippen molar-refractivity contribution in [3.8, 4) is 11.5 Å². The molecule has 2 rings (SSSR count). The van der Waals surface area contributed by atoms with Gasteiger partial charge in [0.15, 0.2) is 0 Å². The number of hydrogen-bond acceptors (Lipinski definition) is 3. The minimum atomic E-state index is -0.117. The van der Waals surface area contributed by atoms with Crippen LogP contribution in [0.4, 0.5) is 0 Å². The van der Waals surface area contributed by atoms with Crippen molar-refractivity contribution < 1.29 is 10.2 Å². The van der Waals surface area contributed by atoms with Crippen molar-refractivity contribution in [2.75, 3.05) is 19.6 Å². The van der Waals surface area contributed by atoms with Crippen LogP contribution in [0.3, 0.4) is 0 Å². The van der Waals surface area contributed by atoms with Crippen molar-refractivity contribution in [2.24, 2.45) is 0 Å². The highest BCUT2D eigenvalue weighted by Crippen LogP contribution is 2.41. The molecule has 2 aromatic rings. The lowest BCUT2D eigenvalue weighted by atomic mass is 9.78. The maximum atomic E-state index is 11.2. The van der Waals surface area contributed by atoms with Gasteiger partial charge in [0.25, 0.3) is 0 Å². The van der Waals surface area contributed by atoms with Gasteiger partial charge in [0, 0.05) is 13.1 Å². The lowest BCUT2D eigenvalue weighted by molar-refractivity contribution is 0.273. The Morgan fingerprint density at radius 3 is 1.07 bits per heavy atom. The van der Waals surface area contributed by atoms with Crippen molar-refractivity contribution in [3.63, 3.8) is 0 Å². The Balaban J connectivity index is 2.36. The van der Waals surface area contributed by atoms with Crippen LogP contribution in [0.2, 0.25) is 0 Å². The van der Waals surface area contributed by atoms with Crippen LogP contribution in [0.5, 0.6) is 11.5 Å². The van der Waals surface area contributed by atoms with Gasteiger partial charge in [-0.3, -0.25) is 0 Å². The molecule has 0 heterocycles. The average molecular weight is 566 g/mol. The van der Waals surface area contributed by atoms with Crippen LogP contribution in [-0.2, 0) is 34.5 Å². The minimum absolute atomic E-state index is 0.117. The average Bonchev–Trinajstić information content (AvgIpc) is 2.81. The zero-order valence-electron chi connectivity index (χ0n) is 29.0. The second-order valence-corrected chi connectivity index (χ2v) is 16.5. The fourth-order valence-electron chi connectivity index (χ4n) is 5.64. The van der Waals surface area contributed by atoms with Gasteiger partial charge in [-0.2, -0.15) is 0 Å². The molecule has 0 unspecified atom stereocenters. The second kappa shape index (κ2) is 13.5. The lowest BCUT2D eigenvalue weighted by Crippen LogP contribution is -2.30. The molecular weight excluding hydrogens is 502 g/mol. The number of phenolic OH excluding ortho intramolecular Hbond substituents is 2. The molecule has 232 valence electrons. The fourth-order valence-corrected chi connectivity index (χ4v) is 5.64. The maximum absolute atomic E-state index is 11.2. The predicted octanol–water partition coefficient (Wildman–Crippen LogP) is 9.96. The van der Waals surface area contributed by atoms with Crippen molar-refractivity contribution in [1.82, 2.24) is 4.90 Å². The van der Waals surface area contributed by atoms with E-state index >= 15 is 0 Å². The van der Waals surface area contributed by atoms with Crippen molar-refractivity contribution in [3.05, 3.63) is 57.6 Å². The number of rotatable bonds is 11. The molecule has 41 heavy (non-hydrogen) atoms. The van der Waals surface area contributed by atoms with E-state index in [0.717, 1.165) is 54.7 Å². The summed E-state index contributed by atoms with van der Waals surface area (Å²) in [5.74, 6) is 0.920. The summed E-state index contributed by atoms with van der Waals surface area (Å²) < 4.78 is 0. The fraction of sp³-hybridized carbons (Fsp3) is 0.684. The van der Waals surface area contributed by atoms with Gasteiger partial charge in [0.05, 0.1) is 0 Å². The molecule has 3 heteroatoms. The van der Waals surface area contributed by atoms with Crippen LogP contribution in [0.1, 0.15) is 149 Å². The number of aromatic hydroxyl groups is 2. The summed E-state index contributed by atoms with van der Waals surface area (Å²) in [5, 5.41) is 22.4. The Labute approximate surface area is 253 Å². The number of hydrogen-bond donors (Lipinski definition) is 2. The molecule has 0 amide bonds. The Kier molecular flexibility index (Phi) is 11.6. The Bertz CT molecular complexity index is 977. The van der Waals surface area contributed by atoms with Crippen molar-refractivity contribution in [2.45, 2.75) is 150 Å². The molecule has 0 saturated carbocycles. The van der Waals surface area contributed by atoms with Crippen molar-refractivity contribution >= 4 is 0 Å². The highest BCUT2D eigenvalue weighted by atomic mass is 16.3. The number of phenols is 2. The van der Waals surface area contributed by atoms with E-state index in [4.69, 9.17) is 0 Å². The second-order valence-electron chi connectivity index (χ2n) is 16.5. The first-order valence-electron chi connectivity index (χ1n) is 16.1. The van der Waals surface area contributed by atoms with Crippen molar-refractivity contribution in [1.29, 1.82) is 0 Å². The highest BCUT2D eigenvalue weighted by Gasteiger charge is 2.28. The monoisotopic (exact) mass is 565 g/mol. The maximum Gasteiger partial charge on any atom is 0.123 e. The molecule has 0 aliphatic carbocycles. The highest BCUT2D eigenvalue weighted by molar-refractivity contribution is 5.51. The first kappa shape index (κ1) is 35.2. The molecular formula is C38H63NO2. The van der Waals surface area contributed by atoms with Crippen LogP contribution in [0.15, 0.2) is 24.3 Å². The molecule has 0 aliphatic heterocycles. The van der Waals surface area contributed by atoms with Gasteiger partial charge in [-0.25, -0.2) is 0 Å². The van der Waals surface area contributed by atoms with E-state index in [-0.39, 0.29) is 21.7 Å². The quantitative estimate of drug-likeness (QED) is 0.266. The zero-order chi connectivity index (χ0) is 31.4. The Hall–Kier alpha value is -2.00. The first-order chi connectivity index (χ1) is 18.7. The van der Waals surface area contributed by atoms with E-state index in [1.807, 2.05) is 0 Å². The molecule has 0 aliphatic rings. The van der Waals surface area contributed by atoms with E-state index in [1.54, 1.807) is 0 Å².